The highest BCUT2D eigenvalue weighted by Crippen LogP contribution is 2.28. The Morgan fingerprint density at radius 2 is 2.16 bits per heavy atom. The van der Waals surface area contributed by atoms with Crippen LogP contribution in [0.15, 0.2) is 4.99 Å². The number of aliphatic imine (C=N–C) groups is 1. The SMILES string of the molecule is CN=C(NCCc1nc(C)c(C)s1)NC1CC1C.I. The van der Waals surface area contributed by atoms with E-state index in [9.17, 15) is 0 Å². The summed E-state index contributed by atoms with van der Waals surface area (Å²) in [6.45, 7) is 7.33. The van der Waals surface area contributed by atoms with Gasteiger partial charge in [-0.3, -0.25) is 4.99 Å². The zero-order valence-electron chi connectivity index (χ0n) is 12.0. The molecule has 2 atom stereocenters. The molecule has 1 aromatic heterocycles. The molecule has 0 radical (unpaired) electrons. The van der Waals surface area contributed by atoms with Gasteiger partial charge in [-0.1, -0.05) is 6.92 Å². The molecular weight excluding hydrogens is 371 g/mol. The van der Waals surface area contributed by atoms with Crippen LogP contribution in [0, 0.1) is 19.8 Å². The number of nitrogens with one attached hydrogen (secondary N) is 2. The molecule has 2 unspecified atom stereocenters. The predicted octanol–water partition coefficient (Wildman–Crippen LogP) is 2.49. The summed E-state index contributed by atoms with van der Waals surface area (Å²) < 4.78 is 0. The number of halogens is 1. The van der Waals surface area contributed by atoms with E-state index < -0.39 is 0 Å². The smallest absolute Gasteiger partial charge is 0.191 e. The summed E-state index contributed by atoms with van der Waals surface area (Å²) in [6.07, 6.45) is 2.21. The van der Waals surface area contributed by atoms with Gasteiger partial charge in [-0.15, -0.1) is 35.3 Å². The van der Waals surface area contributed by atoms with Gasteiger partial charge in [0.25, 0.3) is 0 Å². The molecule has 1 heterocycles. The Hall–Kier alpha value is -0.370. The Morgan fingerprint density at radius 1 is 1.47 bits per heavy atom. The molecule has 2 N–H and O–H groups in total. The zero-order chi connectivity index (χ0) is 13.1. The molecule has 1 aromatic rings. The molecule has 0 amide bonds. The minimum Gasteiger partial charge on any atom is -0.356 e. The number of rotatable bonds is 4. The van der Waals surface area contributed by atoms with Crippen molar-refractivity contribution in [2.24, 2.45) is 10.9 Å². The first-order valence-electron chi connectivity index (χ1n) is 6.50. The molecule has 108 valence electrons. The molecule has 19 heavy (non-hydrogen) atoms. The van der Waals surface area contributed by atoms with Crippen LogP contribution in [0.25, 0.3) is 0 Å². The third-order valence-electron chi connectivity index (χ3n) is 3.36. The second-order valence-electron chi connectivity index (χ2n) is 4.96. The molecule has 1 aliphatic rings. The van der Waals surface area contributed by atoms with Crippen LogP contribution in [0.2, 0.25) is 0 Å². The Kier molecular flexibility index (Phi) is 6.52. The van der Waals surface area contributed by atoms with Gasteiger partial charge in [-0.05, 0) is 26.2 Å². The summed E-state index contributed by atoms with van der Waals surface area (Å²) >= 11 is 1.79. The first kappa shape index (κ1) is 16.7. The minimum atomic E-state index is 0. The highest BCUT2D eigenvalue weighted by atomic mass is 127. The fourth-order valence-electron chi connectivity index (χ4n) is 1.83. The van der Waals surface area contributed by atoms with Gasteiger partial charge in [0.15, 0.2) is 5.96 Å². The Bertz CT molecular complexity index is 424. The van der Waals surface area contributed by atoms with Gasteiger partial charge in [0, 0.05) is 30.9 Å². The quantitative estimate of drug-likeness (QED) is 0.469. The predicted molar refractivity (Wildman–Crippen MR) is 92.8 cm³/mol. The molecule has 4 nitrogen and oxygen atoms in total. The Balaban J connectivity index is 0.00000180. The van der Waals surface area contributed by atoms with E-state index >= 15 is 0 Å². The van der Waals surface area contributed by atoms with Crippen molar-refractivity contribution in [1.29, 1.82) is 0 Å². The van der Waals surface area contributed by atoms with E-state index in [-0.39, 0.29) is 24.0 Å². The van der Waals surface area contributed by atoms with E-state index in [4.69, 9.17) is 0 Å². The standard InChI is InChI=1S/C13H22N4S.HI/c1-8-7-11(8)17-13(14-4)15-6-5-12-16-9(2)10(3)18-12;/h8,11H,5-7H2,1-4H3,(H2,14,15,17);1H. The molecular formula is C13H23IN4S. The van der Waals surface area contributed by atoms with Crippen molar-refractivity contribution in [2.75, 3.05) is 13.6 Å². The van der Waals surface area contributed by atoms with Crippen molar-refractivity contribution in [2.45, 2.75) is 39.7 Å². The highest BCUT2D eigenvalue weighted by molar-refractivity contribution is 14.0. The van der Waals surface area contributed by atoms with Crippen molar-refractivity contribution < 1.29 is 0 Å². The van der Waals surface area contributed by atoms with E-state index in [1.54, 1.807) is 11.3 Å². The van der Waals surface area contributed by atoms with Crippen LogP contribution in [0.5, 0.6) is 0 Å². The molecule has 1 fully saturated rings. The average Bonchev–Trinajstić information content (AvgIpc) is 2.93. The molecule has 0 spiro atoms. The lowest BCUT2D eigenvalue weighted by molar-refractivity contribution is 0.756. The van der Waals surface area contributed by atoms with E-state index in [0.717, 1.165) is 30.5 Å². The van der Waals surface area contributed by atoms with Gasteiger partial charge in [-0.2, -0.15) is 0 Å². The summed E-state index contributed by atoms with van der Waals surface area (Å²) in [4.78, 5) is 10.1. The van der Waals surface area contributed by atoms with Crippen LogP contribution in [0.1, 0.15) is 28.9 Å². The van der Waals surface area contributed by atoms with Crippen LogP contribution in [0.4, 0.5) is 0 Å². The van der Waals surface area contributed by atoms with Gasteiger partial charge in [0.05, 0.1) is 10.7 Å². The zero-order valence-corrected chi connectivity index (χ0v) is 15.1. The second kappa shape index (κ2) is 7.42. The van der Waals surface area contributed by atoms with Crippen molar-refractivity contribution in [3.8, 4) is 0 Å². The molecule has 0 aliphatic heterocycles. The lowest BCUT2D eigenvalue weighted by Crippen LogP contribution is -2.39. The summed E-state index contributed by atoms with van der Waals surface area (Å²) in [7, 11) is 1.82. The van der Waals surface area contributed by atoms with E-state index in [2.05, 4.69) is 41.4 Å². The molecule has 1 saturated carbocycles. The van der Waals surface area contributed by atoms with Crippen LogP contribution in [0.3, 0.4) is 0 Å². The first-order valence-corrected chi connectivity index (χ1v) is 7.32. The van der Waals surface area contributed by atoms with Crippen molar-refractivity contribution in [3.63, 3.8) is 0 Å². The number of thiazole rings is 1. The maximum Gasteiger partial charge on any atom is 0.191 e. The lowest BCUT2D eigenvalue weighted by atomic mass is 10.4. The summed E-state index contributed by atoms with van der Waals surface area (Å²) in [5.74, 6) is 1.70. The molecule has 0 aromatic carbocycles. The fraction of sp³-hybridized carbons (Fsp3) is 0.692. The number of hydrogen-bond donors (Lipinski definition) is 2. The monoisotopic (exact) mass is 394 g/mol. The van der Waals surface area contributed by atoms with E-state index in [1.807, 2.05) is 7.05 Å². The maximum atomic E-state index is 4.54. The Labute approximate surface area is 136 Å². The molecule has 2 rings (SSSR count). The van der Waals surface area contributed by atoms with Crippen LogP contribution < -0.4 is 10.6 Å². The van der Waals surface area contributed by atoms with Crippen molar-refractivity contribution in [3.05, 3.63) is 15.6 Å². The topological polar surface area (TPSA) is 49.3 Å². The Morgan fingerprint density at radius 3 is 2.63 bits per heavy atom. The fourth-order valence-corrected chi connectivity index (χ4v) is 2.76. The van der Waals surface area contributed by atoms with Crippen molar-refractivity contribution >= 4 is 41.3 Å². The number of nitrogens with zero attached hydrogens (tertiary/aromatic N) is 2. The van der Waals surface area contributed by atoms with Gasteiger partial charge in [0.2, 0.25) is 0 Å². The number of hydrogen-bond acceptors (Lipinski definition) is 3. The largest absolute Gasteiger partial charge is 0.356 e. The number of guanidine groups is 1. The number of aryl methyl sites for hydroxylation is 2. The van der Waals surface area contributed by atoms with Crippen LogP contribution in [-0.2, 0) is 6.42 Å². The van der Waals surface area contributed by atoms with Crippen molar-refractivity contribution in [1.82, 2.24) is 15.6 Å². The summed E-state index contributed by atoms with van der Waals surface area (Å²) in [5.41, 5.74) is 1.16. The normalized spacial score (nSPS) is 21.8. The molecule has 1 aliphatic carbocycles. The van der Waals surface area contributed by atoms with Crippen LogP contribution >= 0.6 is 35.3 Å². The van der Waals surface area contributed by atoms with Gasteiger partial charge >= 0.3 is 0 Å². The maximum absolute atomic E-state index is 4.54. The minimum absolute atomic E-state index is 0. The third-order valence-corrected chi connectivity index (χ3v) is 4.49. The van der Waals surface area contributed by atoms with E-state index in [0.29, 0.717) is 6.04 Å². The third kappa shape index (κ3) is 4.91. The summed E-state index contributed by atoms with van der Waals surface area (Å²) in [5, 5.41) is 7.96. The van der Waals surface area contributed by atoms with Crippen LogP contribution in [-0.4, -0.2) is 30.6 Å². The van der Waals surface area contributed by atoms with Gasteiger partial charge < -0.3 is 10.6 Å². The molecule has 0 bridgehead atoms. The highest BCUT2D eigenvalue weighted by Gasteiger charge is 2.33. The van der Waals surface area contributed by atoms with Gasteiger partial charge in [0.1, 0.15) is 0 Å². The number of aromatic nitrogens is 1. The summed E-state index contributed by atoms with van der Waals surface area (Å²) in [6, 6.07) is 0.612. The molecule has 6 heteroatoms. The average molecular weight is 394 g/mol. The second-order valence-corrected chi connectivity index (χ2v) is 6.25. The van der Waals surface area contributed by atoms with E-state index in [1.165, 1.54) is 16.3 Å². The first-order chi connectivity index (χ1) is 8.60. The molecule has 0 saturated heterocycles. The van der Waals surface area contributed by atoms with Gasteiger partial charge in [-0.25, -0.2) is 4.98 Å². The lowest BCUT2D eigenvalue weighted by Gasteiger charge is -2.10.